The van der Waals surface area contributed by atoms with Crippen LogP contribution < -0.4 is 5.32 Å². The minimum Gasteiger partial charge on any atom is -0.388 e. The molecule has 202 valence electrons. The molecule has 0 aromatic heterocycles. The van der Waals surface area contributed by atoms with Crippen LogP contribution in [0.3, 0.4) is 0 Å². The van der Waals surface area contributed by atoms with E-state index in [-0.39, 0.29) is 6.61 Å². The molecule has 3 N–H and O–H groups in total. The van der Waals surface area contributed by atoms with Crippen LogP contribution in [0, 0.1) is 0 Å². The number of nitrogens with one attached hydrogen (secondary N) is 1. The Morgan fingerprint density at radius 2 is 0.846 bits per heavy atom. The molecule has 0 heterocycles. The summed E-state index contributed by atoms with van der Waals surface area (Å²) in [6, 6.07) is 38.5. The molecule has 1 saturated carbocycles. The van der Waals surface area contributed by atoms with E-state index in [0.717, 1.165) is 22.4 Å². The smallest absolute Gasteiger partial charge is 0.115 e. The fourth-order valence-corrected chi connectivity index (χ4v) is 4.96. The monoisotopic (exact) mass is 525 g/mol. The number of para-hydroxylation sites is 1. The van der Waals surface area contributed by atoms with Gasteiger partial charge in [-0.05, 0) is 28.8 Å². The molecule has 0 bridgehead atoms. The summed E-state index contributed by atoms with van der Waals surface area (Å²) in [4.78, 5) is 0. The SMILES string of the molecule is O[C@@H]1[C@H](O)[C@@H](OCc2ccccc2)[C@H](OCc2ccccc2)[C@@H](OCc2ccccc2)[C@H]1Nc1ccccc1. The van der Waals surface area contributed by atoms with Crippen LogP contribution in [-0.4, -0.2) is 46.8 Å². The summed E-state index contributed by atoms with van der Waals surface area (Å²) < 4.78 is 19.3. The van der Waals surface area contributed by atoms with Crippen LogP contribution in [0.15, 0.2) is 121 Å². The predicted molar refractivity (Wildman–Crippen MR) is 151 cm³/mol. The number of ether oxygens (including phenoxy) is 3. The third-order valence-corrected chi connectivity index (χ3v) is 7.02. The van der Waals surface area contributed by atoms with Gasteiger partial charge in [0.15, 0.2) is 0 Å². The van der Waals surface area contributed by atoms with Gasteiger partial charge in [0.2, 0.25) is 0 Å². The molecule has 1 aliphatic rings. The summed E-state index contributed by atoms with van der Waals surface area (Å²) in [5, 5.41) is 26.2. The third-order valence-electron chi connectivity index (χ3n) is 7.02. The van der Waals surface area contributed by atoms with Crippen molar-refractivity contribution in [2.75, 3.05) is 5.32 Å². The number of hydrogen-bond donors (Lipinski definition) is 3. The van der Waals surface area contributed by atoms with E-state index in [2.05, 4.69) is 5.32 Å². The number of aliphatic hydroxyl groups excluding tert-OH is 2. The molecule has 0 amide bonds. The lowest BCUT2D eigenvalue weighted by Gasteiger charge is -2.47. The number of hydrogen-bond acceptors (Lipinski definition) is 6. The van der Waals surface area contributed by atoms with Gasteiger partial charge in [-0.2, -0.15) is 0 Å². The van der Waals surface area contributed by atoms with E-state index in [1.54, 1.807) is 0 Å². The lowest BCUT2D eigenvalue weighted by atomic mass is 9.82. The molecule has 1 aliphatic carbocycles. The first kappa shape index (κ1) is 27.1. The van der Waals surface area contributed by atoms with Crippen LogP contribution in [-0.2, 0) is 34.0 Å². The Morgan fingerprint density at radius 3 is 1.31 bits per heavy atom. The van der Waals surface area contributed by atoms with E-state index in [9.17, 15) is 10.2 Å². The Morgan fingerprint density at radius 1 is 0.462 bits per heavy atom. The van der Waals surface area contributed by atoms with Crippen LogP contribution in [0.25, 0.3) is 0 Å². The van der Waals surface area contributed by atoms with Crippen molar-refractivity contribution in [3.8, 4) is 0 Å². The average Bonchev–Trinajstić information content (AvgIpc) is 3.00. The fourth-order valence-electron chi connectivity index (χ4n) is 4.96. The lowest BCUT2D eigenvalue weighted by Crippen LogP contribution is -2.67. The van der Waals surface area contributed by atoms with Crippen molar-refractivity contribution in [1.82, 2.24) is 0 Å². The standard InChI is InChI=1S/C33H35NO5/c35-29-28(34-27-19-11-4-12-20-27)31(37-21-24-13-5-1-6-14-24)33(39-23-26-17-9-3-10-18-26)32(30(29)36)38-22-25-15-7-2-8-16-25/h1-20,28-36H,21-23H2/t28-,29-,30-,31-,32+,33+/m0/s1. The molecular weight excluding hydrogens is 490 g/mol. The van der Waals surface area contributed by atoms with Gasteiger partial charge >= 0.3 is 0 Å². The van der Waals surface area contributed by atoms with Crippen molar-refractivity contribution in [1.29, 1.82) is 0 Å². The summed E-state index contributed by atoms with van der Waals surface area (Å²) in [5.74, 6) is 0. The molecule has 1 fully saturated rings. The van der Waals surface area contributed by atoms with Gasteiger partial charge in [-0.15, -0.1) is 0 Å². The third kappa shape index (κ3) is 7.12. The van der Waals surface area contributed by atoms with E-state index < -0.39 is 36.6 Å². The summed E-state index contributed by atoms with van der Waals surface area (Å²) in [6.45, 7) is 0.892. The zero-order chi connectivity index (χ0) is 26.9. The second-order valence-corrected chi connectivity index (χ2v) is 9.80. The highest BCUT2D eigenvalue weighted by atomic mass is 16.6. The highest BCUT2D eigenvalue weighted by Gasteiger charge is 2.52. The van der Waals surface area contributed by atoms with E-state index in [4.69, 9.17) is 14.2 Å². The molecule has 4 aromatic rings. The van der Waals surface area contributed by atoms with Crippen LogP contribution in [0.5, 0.6) is 0 Å². The molecule has 6 heteroatoms. The van der Waals surface area contributed by atoms with Crippen molar-refractivity contribution in [2.45, 2.75) is 56.4 Å². The molecule has 0 radical (unpaired) electrons. The van der Waals surface area contributed by atoms with Crippen LogP contribution in [0.4, 0.5) is 5.69 Å². The maximum Gasteiger partial charge on any atom is 0.115 e. The topological polar surface area (TPSA) is 80.2 Å². The second-order valence-electron chi connectivity index (χ2n) is 9.80. The Bertz CT molecular complexity index is 1240. The normalized spacial score (nSPS) is 24.8. The summed E-state index contributed by atoms with van der Waals surface area (Å²) >= 11 is 0. The Kier molecular flexibility index (Phi) is 9.38. The quantitative estimate of drug-likeness (QED) is 0.257. The van der Waals surface area contributed by atoms with Crippen LogP contribution in [0.1, 0.15) is 16.7 Å². The molecule has 0 spiro atoms. The van der Waals surface area contributed by atoms with Gasteiger partial charge in [-0.25, -0.2) is 0 Å². The first-order chi connectivity index (χ1) is 19.2. The van der Waals surface area contributed by atoms with Gasteiger partial charge in [0.25, 0.3) is 0 Å². The number of anilines is 1. The van der Waals surface area contributed by atoms with Crippen molar-refractivity contribution in [3.63, 3.8) is 0 Å². The van der Waals surface area contributed by atoms with Gasteiger partial charge in [0.1, 0.15) is 30.5 Å². The Labute approximate surface area is 229 Å². The predicted octanol–water partition coefficient (Wildman–Crippen LogP) is 4.96. The molecular formula is C33H35NO5. The van der Waals surface area contributed by atoms with Gasteiger partial charge in [-0.3, -0.25) is 0 Å². The molecule has 5 rings (SSSR count). The molecule has 39 heavy (non-hydrogen) atoms. The minimum absolute atomic E-state index is 0.267. The summed E-state index contributed by atoms with van der Waals surface area (Å²) in [5.41, 5.74) is 3.77. The first-order valence-corrected chi connectivity index (χ1v) is 13.3. The zero-order valence-corrected chi connectivity index (χ0v) is 21.8. The fraction of sp³-hybridized carbons (Fsp3) is 0.273. The number of benzene rings is 4. The van der Waals surface area contributed by atoms with E-state index in [1.807, 2.05) is 121 Å². The van der Waals surface area contributed by atoms with E-state index >= 15 is 0 Å². The maximum absolute atomic E-state index is 11.4. The Balaban J connectivity index is 1.45. The zero-order valence-electron chi connectivity index (χ0n) is 21.8. The minimum atomic E-state index is -1.20. The lowest BCUT2D eigenvalue weighted by molar-refractivity contribution is -0.231. The van der Waals surface area contributed by atoms with Gasteiger partial charge < -0.3 is 29.7 Å². The van der Waals surface area contributed by atoms with E-state index in [1.165, 1.54) is 0 Å². The molecule has 6 atom stereocenters. The molecule has 6 nitrogen and oxygen atoms in total. The van der Waals surface area contributed by atoms with Gasteiger partial charge in [0, 0.05) is 5.69 Å². The van der Waals surface area contributed by atoms with Crippen LogP contribution in [0.2, 0.25) is 0 Å². The van der Waals surface area contributed by atoms with Gasteiger partial charge in [-0.1, -0.05) is 109 Å². The molecule has 0 unspecified atom stereocenters. The van der Waals surface area contributed by atoms with Crippen molar-refractivity contribution >= 4 is 5.69 Å². The molecule has 0 saturated heterocycles. The Hall–Kier alpha value is -3.52. The highest BCUT2D eigenvalue weighted by molar-refractivity contribution is 5.44. The second kappa shape index (κ2) is 13.5. The van der Waals surface area contributed by atoms with E-state index in [0.29, 0.717) is 13.2 Å². The largest absolute Gasteiger partial charge is 0.388 e. The van der Waals surface area contributed by atoms with Gasteiger partial charge in [0.05, 0.1) is 25.9 Å². The maximum atomic E-state index is 11.4. The van der Waals surface area contributed by atoms with Crippen molar-refractivity contribution in [2.24, 2.45) is 0 Å². The van der Waals surface area contributed by atoms with Crippen molar-refractivity contribution < 1.29 is 24.4 Å². The highest BCUT2D eigenvalue weighted by Crippen LogP contribution is 2.32. The number of aliphatic hydroxyl groups is 2. The molecule has 0 aliphatic heterocycles. The first-order valence-electron chi connectivity index (χ1n) is 13.3. The van der Waals surface area contributed by atoms with Crippen molar-refractivity contribution in [3.05, 3.63) is 138 Å². The number of rotatable bonds is 11. The average molecular weight is 526 g/mol. The summed E-state index contributed by atoms with van der Waals surface area (Å²) in [6.07, 6.45) is -4.49. The summed E-state index contributed by atoms with van der Waals surface area (Å²) in [7, 11) is 0. The molecule has 4 aromatic carbocycles. The van der Waals surface area contributed by atoms with Crippen LogP contribution >= 0.6 is 0 Å².